The van der Waals surface area contributed by atoms with Gasteiger partial charge < -0.3 is 19.5 Å². The third kappa shape index (κ3) is 5.99. The minimum Gasteiger partial charge on any atom is -0.497 e. The summed E-state index contributed by atoms with van der Waals surface area (Å²) in [6, 6.07) is 13.4. The number of allylic oxidation sites excluding steroid dienone is 2. The number of benzene rings is 2. The van der Waals surface area contributed by atoms with Crippen LogP contribution in [0.1, 0.15) is 37.3 Å². The number of hydrogen-bond acceptors (Lipinski definition) is 8. The summed E-state index contributed by atoms with van der Waals surface area (Å²) in [6.07, 6.45) is 4.27. The first kappa shape index (κ1) is 26.2. The van der Waals surface area contributed by atoms with Gasteiger partial charge in [-0.1, -0.05) is 36.4 Å². The van der Waals surface area contributed by atoms with Gasteiger partial charge in [0.05, 0.1) is 42.8 Å². The zero-order valence-corrected chi connectivity index (χ0v) is 20.6. The summed E-state index contributed by atoms with van der Waals surface area (Å²) in [5.74, 6) is -1.39. The van der Waals surface area contributed by atoms with Crippen molar-refractivity contribution < 1.29 is 28.7 Å². The summed E-state index contributed by atoms with van der Waals surface area (Å²) >= 11 is 0. The van der Waals surface area contributed by atoms with Crippen LogP contribution in [-0.2, 0) is 19.1 Å². The maximum Gasteiger partial charge on any atom is 0.336 e. The molecule has 0 saturated heterocycles. The van der Waals surface area contributed by atoms with E-state index in [9.17, 15) is 19.7 Å². The maximum atomic E-state index is 13.2. The van der Waals surface area contributed by atoms with Crippen molar-refractivity contribution in [2.24, 2.45) is 0 Å². The number of esters is 2. The van der Waals surface area contributed by atoms with Gasteiger partial charge in [0.1, 0.15) is 5.75 Å². The molecule has 0 bridgehead atoms. The van der Waals surface area contributed by atoms with E-state index < -0.39 is 22.8 Å². The maximum absolute atomic E-state index is 13.2. The highest BCUT2D eigenvalue weighted by Gasteiger charge is 2.38. The summed E-state index contributed by atoms with van der Waals surface area (Å²) in [6.45, 7) is 3.49. The number of nitro benzene ring substituents is 1. The Labute approximate surface area is 209 Å². The molecule has 0 aliphatic carbocycles. The van der Waals surface area contributed by atoms with E-state index in [1.165, 1.54) is 25.3 Å². The third-order valence-corrected chi connectivity index (χ3v) is 5.74. The molecular weight excluding hydrogens is 464 g/mol. The fourth-order valence-electron chi connectivity index (χ4n) is 4.03. The molecule has 0 saturated carbocycles. The molecule has 188 valence electrons. The second-order valence-electron chi connectivity index (χ2n) is 8.08. The Morgan fingerprint density at radius 3 is 2.31 bits per heavy atom. The molecule has 1 aliphatic rings. The van der Waals surface area contributed by atoms with Crippen molar-refractivity contribution in [3.63, 3.8) is 0 Å². The van der Waals surface area contributed by atoms with Gasteiger partial charge in [-0.3, -0.25) is 10.1 Å². The van der Waals surface area contributed by atoms with Crippen LogP contribution in [0.3, 0.4) is 0 Å². The van der Waals surface area contributed by atoms with E-state index in [0.717, 1.165) is 11.3 Å². The van der Waals surface area contributed by atoms with Gasteiger partial charge in [-0.05, 0) is 43.5 Å². The topological polar surface area (TPSA) is 117 Å². The molecule has 2 aromatic rings. The highest BCUT2D eigenvalue weighted by molar-refractivity contribution is 5.99. The second-order valence-corrected chi connectivity index (χ2v) is 8.08. The van der Waals surface area contributed by atoms with E-state index in [4.69, 9.17) is 14.2 Å². The first-order valence-corrected chi connectivity index (χ1v) is 11.3. The monoisotopic (exact) mass is 492 g/mol. The van der Waals surface area contributed by atoms with Gasteiger partial charge in [0.25, 0.3) is 5.69 Å². The number of methoxy groups -OCH3 is 2. The molecule has 1 aliphatic heterocycles. The van der Waals surface area contributed by atoms with Crippen LogP contribution in [0.5, 0.6) is 5.75 Å². The second kappa shape index (κ2) is 11.8. The molecule has 0 aromatic heterocycles. The molecule has 0 spiro atoms. The lowest BCUT2D eigenvalue weighted by Gasteiger charge is -2.30. The molecule has 0 radical (unpaired) electrons. The van der Waals surface area contributed by atoms with Gasteiger partial charge in [-0.15, -0.1) is 0 Å². The van der Waals surface area contributed by atoms with Crippen LogP contribution in [-0.4, -0.2) is 37.7 Å². The van der Waals surface area contributed by atoms with Crippen LogP contribution < -0.4 is 10.1 Å². The number of nitrogens with one attached hydrogen (secondary N) is 1. The predicted octanol–water partition coefficient (Wildman–Crippen LogP) is 4.66. The Hall–Kier alpha value is -4.40. The van der Waals surface area contributed by atoms with Crippen molar-refractivity contribution in [2.45, 2.75) is 26.2 Å². The van der Waals surface area contributed by atoms with Crippen molar-refractivity contribution in [1.82, 2.24) is 5.32 Å². The molecule has 2 aromatic carbocycles. The van der Waals surface area contributed by atoms with Gasteiger partial charge in [0, 0.05) is 23.5 Å². The summed E-state index contributed by atoms with van der Waals surface area (Å²) < 4.78 is 15.6. The number of hydrogen-bond donors (Lipinski definition) is 1. The lowest BCUT2D eigenvalue weighted by atomic mass is 9.80. The smallest absolute Gasteiger partial charge is 0.336 e. The minimum absolute atomic E-state index is 0.111. The molecule has 1 unspecified atom stereocenters. The van der Waals surface area contributed by atoms with E-state index in [1.807, 2.05) is 36.4 Å². The van der Waals surface area contributed by atoms with Crippen LogP contribution in [0.2, 0.25) is 0 Å². The zero-order valence-electron chi connectivity index (χ0n) is 20.6. The number of non-ortho nitro benzene ring substituents is 1. The lowest BCUT2D eigenvalue weighted by molar-refractivity contribution is -0.384. The number of ether oxygens (including phenoxy) is 3. The summed E-state index contributed by atoms with van der Waals surface area (Å²) in [5.41, 5.74) is 2.62. The van der Waals surface area contributed by atoms with Crippen molar-refractivity contribution in [3.05, 3.63) is 98.4 Å². The quantitative estimate of drug-likeness (QED) is 0.233. The predicted molar refractivity (Wildman–Crippen MR) is 134 cm³/mol. The number of carbonyl (C=O) groups is 2. The number of rotatable bonds is 9. The number of dihydropyridines is 1. The van der Waals surface area contributed by atoms with E-state index in [-0.39, 0.29) is 23.4 Å². The third-order valence-electron chi connectivity index (χ3n) is 5.74. The van der Waals surface area contributed by atoms with E-state index in [1.54, 1.807) is 27.0 Å². The van der Waals surface area contributed by atoms with Gasteiger partial charge in [0.15, 0.2) is 0 Å². The summed E-state index contributed by atoms with van der Waals surface area (Å²) in [4.78, 5) is 36.7. The van der Waals surface area contributed by atoms with E-state index in [2.05, 4.69) is 5.32 Å². The van der Waals surface area contributed by atoms with Gasteiger partial charge >= 0.3 is 11.9 Å². The lowest BCUT2D eigenvalue weighted by Crippen LogP contribution is -2.32. The highest BCUT2D eigenvalue weighted by atomic mass is 16.6. The van der Waals surface area contributed by atoms with Gasteiger partial charge in [0.2, 0.25) is 0 Å². The largest absolute Gasteiger partial charge is 0.497 e. The molecule has 9 heteroatoms. The van der Waals surface area contributed by atoms with Crippen molar-refractivity contribution >= 4 is 23.7 Å². The van der Waals surface area contributed by atoms with E-state index in [0.29, 0.717) is 23.4 Å². The van der Waals surface area contributed by atoms with Crippen molar-refractivity contribution in [2.75, 3.05) is 20.8 Å². The standard InChI is InChI=1S/C27H28N2O7/c1-17-23(26(30)35-4)25(20-9-7-10-21(16-20)29(32)33)24(18(2)28-17)27(31)36-15-6-5-8-19-11-13-22(34-3)14-12-19/h5,7-14,16,25,28H,6,15H2,1-4H3. The summed E-state index contributed by atoms with van der Waals surface area (Å²) in [7, 11) is 2.85. The number of nitro groups is 1. The molecule has 0 amide bonds. The number of nitrogens with zero attached hydrogens (tertiary/aromatic N) is 1. The summed E-state index contributed by atoms with van der Waals surface area (Å²) in [5, 5.41) is 14.4. The SMILES string of the molecule is COC(=O)C1=C(C)NC(C)=C(C(=O)OCCC=Cc2ccc(OC)cc2)C1c1cccc([N+](=O)[O-])c1. The van der Waals surface area contributed by atoms with E-state index >= 15 is 0 Å². The van der Waals surface area contributed by atoms with Crippen molar-refractivity contribution in [3.8, 4) is 5.75 Å². The zero-order chi connectivity index (χ0) is 26.2. The highest BCUT2D eigenvalue weighted by Crippen LogP contribution is 2.40. The molecule has 9 nitrogen and oxygen atoms in total. The Morgan fingerprint density at radius 2 is 1.69 bits per heavy atom. The van der Waals surface area contributed by atoms with Crippen LogP contribution in [0.4, 0.5) is 5.69 Å². The Bertz CT molecular complexity index is 1240. The molecule has 1 N–H and O–H groups in total. The fourth-order valence-corrected chi connectivity index (χ4v) is 4.03. The van der Waals surface area contributed by atoms with Crippen LogP contribution >= 0.6 is 0 Å². The van der Waals surface area contributed by atoms with Crippen LogP contribution in [0, 0.1) is 10.1 Å². The molecule has 0 fully saturated rings. The molecule has 36 heavy (non-hydrogen) atoms. The van der Waals surface area contributed by atoms with Gasteiger partial charge in [-0.25, -0.2) is 9.59 Å². The Morgan fingerprint density at radius 1 is 1.03 bits per heavy atom. The Balaban J connectivity index is 1.82. The van der Waals surface area contributed by atoms with Gasteiger partial charge in [-0.2, -0.15) is 0 Å². The van der Waals surface area contributed by atoms with Crippen LogP contribution in [0.15, 0.2) is 77.1 Å². The molecule has 3 rings (SSSR count). The Kier molecular flexibility index (Phi) is 8.61. The van der Waals surface area contributed by atoms with Crippen molar-refractivity contribution in [1.29, 1.82) is 0 Å². The average Bonchev–Trinajstić information content (AvgIpc) is 2.87. The molecule has 1 atom stereocenters. The minimum atomic E-state index is -0.888. The normalized spacial score (nSPS) is 15.5. The fraction of sp³-hybridized carbons (Fsp3) is 0.259. The molecular formula is C27H28N2O7. The first-order valence-electron chi connectivity index (χ1n) is 11.3. The first-order chi connectivity index (χ1) is 17.3. The average molecular weight is 493 g/mol. The van der Waals surface area contributed by atoms with Crippen LogP contribution in [0.25, 0.3) is 6.08 Å². The number of carbonyl (C=O) groups excluding carboxylic acids is 2. The molecule has 1 heterocycles.